The average molecular weight is 141 g/mol. The first-order chi connectivity index (χ1) is 4.74. The van der Waals surface area contributed by atoms with Crippen LogP contribution in [-0.2, 0) is 5.11 Å². The molecule has 0 aromatic rings. The topological polar surface area (TPSA) is 19.9 Å². The molecule has 0 aliphatic heterocycles. The third-order valence-corrected chi connectivity index (χ3v) is 2.72. The maximum absolute atomic E-state index is 11.3. The molecule has 0 aromatic carbocycles. The smallest absolute Gasteiger partial charge is 0.0960 e. The molecule has 0 heterocycles. The van der Waals surface area contributed by atoms with Crippen LogP contribution in [0.15, 0.2) is 0 Å². The van der Waals surface area contributed by atoms with Crippen LogP contribution >= 0.6 is 0 Å². The SMILES string of the molecule is CCC1CCC(C)CC1[O]. The van der Waals surface area contributed by atoms with Crippen LogP contribution in [0.3, 0.4) is 0 Å². The molecule has 1 aliphatic carbocycles. The zero-order valence-corrected chi connectivity index (χ0v) is 6.97. The minimum absolute atomic E-state index is 0.256. The van der Waals surface area contributed by atoms with E-state index in [1.807, 2.05) is 0 Å². The number of hydrogen-bond acceptors (Lipinski definition) is 0. The molecule has 59 valence electrons. The standard InChI is InChI=1S/C9H17O/c1-3-8-5-4-7(2)6-9(8)10/h7-9H,3-6H2,1-2H3. The highest BCUT2D eigenvalue weighted by Crippen LogP contribution is 2.30. The summed E-state index contributed by atoms with van der Waals surface area (Å²) in [4.78, 5) is 0. The van der Waals surface area contributed by atoms with Crippen molar-refractivity contribution in [3.05, 3.63) is 0 Å². The van der Waals surface area contributed by atoms with Gasteiger partial charge in [0.2, 0.25) is 0 Å². The van der Waals surface area contributed by atoms with Gasteiger partial charge < -0.3 is 0 Å². The summed E-state index contributed by atoms with van der Waals surface area (Å²) in [5.74, 6) is 1.17. The first-order valence-corrected chi connectivity index (χ1v) is 4.39. The van der Waals surface area contributed by atoms with Gasteiger partial charge in [-0.1, -0.05) is 26.7 Å². The molecular weight excluding hydrogens is 124 g/mol. The third-order valence-electron chi connectivity index (χ3n) is 2.72. The molecule has 3 atom stereocenters. The summed E-state index contributed by atoms with van der Waals surface area (Å²) in [6, 6.07) is 0. The van der Waals surface area contributed by atoms with Gasteiger partial charge in [-0.15, -0.1) is 0 Å². The lowest BCUT2D eigenvalue weighted by Crippen LogP contribution is -2.26. The van der Waals surface area contributed by atoms with Gasteiger partial charge in [0.25, 0.3) is 0 Å². The Labute approximate surface area is 63.4 Å². The van der Waals surface area contributed by atoms with Crippen LogP contribution in [0, 0.1) is 11.8 Å². The maximum Gasteiger partial charge on any atom is 0.0960 e. The van der Waals surface area contributed by atoms with Crippen LogP contribution in [-0.4, -0.2) is 6.10 Å². The Morgan fingerprint density at radius 2 is 2.10 bits per heavy atom. The largest absolute Gasteiger partial charge is 0.233 e. The Balaban J connectivity index is 2.36. The zero-order chi connectivity index (χ0) is 7.56. The second-order valence-electron chi connectivity index (χ2n) is 3.63. The Morgan fingerprint density at radius 1 is 1.40 bits per heavy atom. The second-order valence-corrected chi connectivity index (χ2v) is 3.63. The highest BCUT2D eigenvalue weighted by Gasteiger charge is 2.26. The summed E-state index contributed by atoms with van der Waals surface area (Å²) in [6.45, 7) is 4.32. The van der Waals surface area contributed by atoms with Crippen LogP contribution in [0.5, 0.6) is 0 Å². The van der Waals surface area contributed by atoms with Crippen molar-refractivity contribution in [1.82, 2.24) is 0 Å². The van der Waals surface area contributed by atoms with Crippen LogP contribution in [0.2, 0.25) is 0 Å². The van der Waals surface area contributed by atoms with E-state index in [0.29, 0.717) is 11.8 Å². The Bertz CT molecular complexity index is 101. The van der Waals surface area contributed by atoms with Gasteiger partial charge >= 0.3 is 0 Å². The van der Waals surface area contributed by atoms with E-state index in [0.717, 1.165) is 12.8 Å². The zero-order valence-electron chi connectivity index (χ0n) is 6.97. The normalized spacial score (nSPS) is 41.7. The lowest BCUT2D eigenvalue weighted by Gasteiger charge is -2.28. The third kappa shape index (κ3) is 1.72. The fourth-order valence-electron chi connectivity index (χ4n) is 1.86. The molecule has 0 bridgehead atoms. The summed E-state index contributed by atoms with van der Waals surface area (Å²) >= 11 is 0. The molecule has 1 aliphatic rings. The van der Waals surface area contributed by atoms with E-state index < -0.39 is 0 Å². The van der Waals surface area contributed by atoms with Crippen molar-refractivity contribution in [3.8, 4) is 0 Å². The summed E-state index contributed by atoms with van der Waals surface area (Å²) < 4.78 is 0. The predicted molar refractivity (Wildman–Crippen MR) is 41.3 cm³/mol. The molecule has 10 heavy (non-hydrogen) atoms. The molecule has 0 N–H and O–H groups in total. The van der Waals surface area contributed by atoms with Gasteiger partial charge in [0.05, 0.1) is 6.10 Å². The fourth-order valence-corrected chi connectivity index (χ4v) is 1.86. The summed E-state index contributed by atoms with van der Waals surface area (Å²) in [6.07, 6.45) is 4.19. The molecular formula is C9H17O. The summed E-state index contributed by atoms with van der Waals surface area (Å²) in [7, 11) is 0. The van der Waals surface area contributed by atoms with E-state index in [1.165, 1.54) is 12.8 Å². The molecule has 1 nitrogen and oxygen atoms in total. The van der Waals surface area contributed by atoms with Gasteiger partial charge in [0.15, 0.2) is 0 Å². The van der Waals surface area contributed by atoms with Gasteiger partial charge in [0, 0.05) is 0 Å². The van der Waals surface area contributed by atoms with E-state index in [9.17, 15) is 5.11 Å². The number of rotatable bonds is 1. The van der Waals surface area contributed by atoms with Gasteiger partial charge in [-0.05, 0) is 24.7 Å². The van der Waals surface area contributed by atoms with Gasteiger partial charge in [-0.2, -0.15) is 0 Å². The van der Waals surface area contributed by atoms with E-state index in [-0.39, 0.29) is 6.10 Å². The van der Waals surface area contributed by atoms with Crippen molar-refractivity contribution in [3.63, 3.8) is 0 Å². The highest BCUT2D eigenvalue weighted by molar-refractivity contribution is 4.76. The van der Waals surface area contributed by atoms with Gasteiger partial charge in [0.1, 0.15) is 0 Å². The Morgan fingerprint density at radius 3 is 2.60 bits per heavy atom. The fraction of sp³-hybridized carbons (Fsp3) is 1.00. The van der Waals surface area contributed by atoms with Crippen LogP contribution < -0.4 is 0 Å². The Kier molecular flexibility index (Phi) is 2.72. The van der Waals surface area contributed by atoms with Crippen molar-refractivity contribution in [2.75, 3.05) is 0 Å². The molecule has 0 aromatic heterocycles. The quantitative estimate of drug-likeness (QED) is 0.535. The van der Waals surface area contributed by atoms with Crippen molar-refractivity contribution in [1.29, 1.82) is 0 Å². The van der Waals surface area contributed by atoms with Crippen molar-refractivity contribution in [2.24, 2.45) is 11.8 Å². The van der Waals surface area contributed by atoms with Gasteiger partial charge in [-0.25, -0.2) is 5.11 Å². The Hall–Kier alpha value is -0.0400. The van der Waals surface area contributed by atoms with Crippen LogP contribution in [0.25, 0.3) is 0 Å². The highest BCUT2D eigenvalue weighted by atomic mass is 16.3. The summed E-state index contributed by atoms with van der Waals surface area (Å²) in [5, 5.41) is 11.3. The minimum atomic E-state index is -0.256. The lowest BCUT2D eigenvalue weighted by atomic mass is 9.79. The average Bonchev–Trinajstić information content (AvgIpc) is 1.88. The first-order valence-electron chi connectivity index (χ1n) is 4.39. The molecule has 3 unspecified atom stereocenters. The first kappa shape index (κ1) is 8.06. The van der Waals surface area contributed by atoms with Gasteiger partial charge in [-0.3, -0.25) is 0 Å². The number of hydrogen-bond donors (Lipinski definition) is 0. The summed E-state index contributed by atoms with van der Waals surface area (Å²) in [5.41, 5.74) is 0. The van der Waals surface area contributed by atoms with Crippen molar-refractivity contribution >= 4 is 0 Å². The van der Waals surface area contributed by atoms with Crippen LogP contribution in [0.1, 0.15) is 39.5 Å². The van der Waals surface area contributed by atoms with E-state index >= 15 is 0 Å². The minimum Gasteiger partial charge on any atom is -0.233 e. The molecule has 0 spiro atoms. The molecule has 1 rings (SSSR count). The van der Waals surface area contributed by atoms with Crippen LogP contribution in [0.4, 0.5) is 0 Å². The van der Waals surface area contributed by atoms with E-state index in [1.54, 1.807) is 0 Å². The molecule has 0 amide bonds. The molecule has 1 heteroatoms. The molecule has 0 saturated heterocycles. The second kappa shape index (κ2) is 3.38. The van der Waals surface area contributed by atoms with E-state index in [4.69, 9.17) is 0 Å². The lowest BCUT2D eigenvalue weighted by molar-refractivity contribution is -0.00868. The van der Waals surface area contributed by atoms with Crippen molar-refractivity contribution < 1.29 is 5.11 Å². The molecule has 1 fully saturated rings. The predicted octanol–water partition coefficient (Wildman–Crippen LogP) is 2.63. The van der Waals surface area contributed by atoms with E-state index in [2.05, 4.69) is 13.8 Å². The maximum atomic E-state index is 11.3. The van der Waals surface area contributed by atoms with Crippen molar-refractivity contribution in [2.45, 2.75) is 45.6 Å². The molecule has 1 radical (unpaired) electrons. The molecule has 1 saturated carbocycles. The monoisotopic (exact) mass is 141 g/mol.